The lowest BCUT2D eigenvalue weighted by Crippen LogP contribution is -2.62. The van der Waals surface area contributed by atoms with E-state index in [2.05, 4.69) is 189 Å². The number of benzene rings is 8. The van der Waals surface area contributed by atoms with Crippen molar-refractivity contribution in [3.63, 3.8) is 0 Å². The van der Waals surface area contributed by atoms with Crippen molar-refractivity contribution < 1.29 is 0 Å². The molecular weight excluding hydrogens is 780 g/mol. The first kappa shape index (κ1) is 36.3. The minimum atomic E-state index is -1.85. The van der Waals surface area contributed by atoms with Gasteiger partial charge >= 0.3 is 6.85 Å². The first-order valence-electron chi connectivity index (χ1n) is 23.4. The molecule has 304 valence electrons. The van der Waals surface area contributed by atoms with Gasteiger partial charge in [0.1, 0.15) is 0 Å². The number of fused-ring (bicyclic) bond motifs is 20. The third-order valence-electron chi connectivity index (χ3n) is 15.6. The Hall–Kier alpha value is -6.23. The average molecular weight is 829 g/mol. The van der Waals surface area contributed by atoms with Gasteiger partial charge in [0.25, 0.3) is 0 Å². The van der Waals surface area contributed by atoms with Crippen molar-refractivity contribution >= 4 is 61.0 Å². The Morgan fingerprint density at radius 3 is 1.92 bits per heavy atom. The predicted molar refractivity (Wildman–Crippen MR) is 267 cm³/mol. The van der Waals surface area contributed by atoms with Gasteiger partial charge in [0.15, 0.2) is 0 Å². The SMILES string of the molecule is CCCCc1ccc2c(c1)c1cc(CCCC)cc3c1n2-c1c2c(cc4c1C(C)(C)c1ccccc1-4)-c1cccc4c1N(B23)c1ccccc1S41c2ccccc2-c2ccccc21. The molecular formula is C59H49BN2S. The largest absolute Gasteiger partial charge is 0.375 e. The van der Waals surface area contributed by atoms with Crippen LogP contribution in [-0.4, -0.2) is 11.4 Å². The van der Waals surface area contributed by atoms with Crippen molar-refractivity contribution in [1.82, 2.24) is 4.57 Å². The molecule has 0 N–H and O–H groups in total. The number of hydrogen-bond donors (Lipinski definition) is 0. The van der Waals surface area contributed by atoms with Crippen LogP contribution in [0.5, 0.6) is 0 Å². The van der Waals surface area contributed by atoms with Gasteiger partial charge in [-0.05, 0) is 141 Å². The first-order valence-corrected chi connectivity index (χ1v) is 25.0. The fourth-order valence-corrected chi connectivity index (χ4v) is 17.6. The molecule has 0 saturated heterocycles. The van der Waals surface area contributed by atoms with Crippen LogP contribution in [0.15, 0.2) is 171 Å². The number of nitrogens with zero attached hydrogens (tertiary/aromatic N) is 2. The number of aromatic nitrogens is 1. The summed E-state index contributed by atoms with van der Waals surface area (Å²) in [6.45, 7) is 9.60. The van der Waals surface area contributed by atoms with E-state index in [0.29, 0.717) is 0 Å². The van der Waals surface area contributed by atoms with Gasteiger partial charge in [0, 0.05) is 52.7 Å². The van der Waals surface area contributed by atoms with Crippen LogP contribution in [0.3, 0.4) is 0 Å². The maximum atomic E-state index is 2.85. The minimum absolute atomic E-state index is 0.0151. The molecule has 2 nitrogen and oxygen atoms in total. The van der Waals surface area contributed by atoms with Crippen molar-refractivity contribution in [3.8, 4) is 39.1 Å². The van der Waals surface area contributed by atoms with E-state index < -0.39 is 10.0 Å². The number of anilines is 2. The quantitative estimate of drug-likeness (QED) is 0.152. The molecule has 0 atom stereocenters. The Morgan fingerprint density at radius 2 is 1.16 bits per heavy atom. The fourth-order valence-electron chi connectivity index (χ4n) is 13.0. The van der Waals surface area contributed by atoms with E-state index in [1.807, 2.05) is 0 Å². The normalized spacial score (nSPS) is 16.1. The zero-order valence-corrected chi connectivity index (χ0v) is 37.4. The number of unbranched alkanes of at least 4 members (excludes halogenated alkanes) is 2. The van der Waals surface area contributed by atoms with E-state index in [1.54, 1.807) is 0 Å². The maximum Gasteiger partial charge on any atom is 0.333 e. The van der Waals surface area contributed by atoms with Crippen LogP contribution in [0, 0.1) is 0 Å². The third kappa shape index (κ3) is 4.34. The highest BCUT2D eigenvalue weighted by Crippen LogP contribution is 2.84. The van der Waals surface area contributed by atoms with Crippen molar-refractivity contribution in [2.45, 2.75) is 91.2 Å². The Kier molecular flexibility index (Phi) is 7.31. The van der Waals surface area contributed by atoms with Gasteiger partial charge in [0.05, 0.1) is 16.7 Å². The second kappa shape index (κ2) is 12.7. The monoisotopic (exact) mass is 828 g/mol. The Balaban J connectivity index is 1.19. The molecule has 0 saturated carbocycles. The smallest absolute Gasteiger partial charge is 0.333 e. The summed E-state index contributed by atoms with van der Waals surface area (Å²) >= 11 is 0. The van der Waals surface area contributed by atoms with Crippen LogP contribution in [0.4, 0.5) is 11.4 Å². The van der Waals surface area contributed by atoms with Gasteiger partial charge < -0.3 is 9.38 Å². The number of hydrogen-bond acceptors (Lipinski definition) is 1. The molecule has 5 aliphatic rings. The van der Waals surface area contributed by atoms with Crippen LogP contribution in [0.1, 0.15) is 75.6 Å². The molecule has 63 heavy (non-hydrogen) atoms. The molecule has 1 aliphatic carbocycles. The molecule has 1 aromatic heterocycles. The third-order valence-corrected chi connectivity index (χ3v) is 19.6. The Labute approximate surface area is 372 Å². The second-order valence-corrected chi connectivity index (χ2v) is 22.2. The summed E-state index contributed by atoms with van der Waals surface area (Å²) in [6, 6.07) is 60.2. The van der Waals surface area contributed by atoms with E-state index in [9.17, 15) is 0 Å². The van der Waals surface area contributed by atoms with Crippen molar-refractivity contribution in [3.05, 3.63) is 174 Å². The van der Waals surface area contributed by atoms with Gasteiger partial charge in [-0.25, -0.2) is 0 Å². The molecule has 1 spiro atoms. The summed E-state index contributed by atoms with van der Waals surface area (Å²) in [5.41, 5.74) is 23.6. The summed E-state index contributed by atoms with van der Waals surface area (Å²) in [5, 5.41) is 2.81. The summed E-state index contributed by atoms with van der Waals surface area (Å²) in [7, 11) is -1.85. The van der Waals surface area contributed by atoms with E-state index >= 15 is 0 Å². The highest BCUT2D eigenvalue weighted by atomic mass is 32.3. The van der Waals surface area contributed by atoms with E-state index in [4.69, 9.17) is 0 Å². The lowest BCUT2D eigenvalue weighted by molar-refractivity contribution is 0.657. The molecule has 4 heteroatoms. The standard InChI is InChI=1S/C59H49BN2S/c1-5-7-18-36-30-31-48-42(32-36)45-33-37(19-8-6-2)34-47-56(45)61(48)58-54-43(38-20-9-12-24-46(38)59(54,3)4)35-44-41-23-17-29-53-57(41)62(60(47)55(44)58)49-25-13-16-28-52(49)63(53)50-26-14-10-21-39(50)40-22-11-15-27-51(40)63/h9-17,20-35H,5-8,18-19H2,1-4H3. The second-order valence-electron chi connectivity index (χ2n) is 19.3. The van der Waals surface area contributed by atoms with E-state index in [1.165, 1.54) is 151 Å². The molecule has 5 heterocycles. The van der Waals surface area contributed by atoms with Gasteiger partial charge in [-0.3, -0.25) is 0 Å². The van der Waals surface area contributed by atoms with Gasteiger partial charge in [-0.1, -0.05) is 138 Å². The van der Waals surface area contributed by atoms with Crippen LogP contribution >= 0.6 is 10.0 Å². The Morgan fingerprint density at radius 1 is 0.524 bits per heavy atom. The van der Waals surface area contributed by atoms with Gasteiger partial charge in [-0.2, -0.15) is 0 Å². The van der Waals surface area contributed by atoms with Crippen molar-refractivity contribution in [1.29, 1.82) is 0 Å². The summed E-state index contributed by atoms with van der Waals surface area (Å²) in [5.74, 6) is 0. The molecule has 8 aromatic carbocycles. The van der Waals surface area contributed by atoms with Gasteiger partial charge in [-0.15, -0.1) is 10.0 Å². The summed E-state index contributed by atoms with van der Waals surface area (Å²) < 4.78 is 2.76. The fraction of sp³-hybridized carbons (Fsp3) is 0.186. The van der Waals surface area contributed by atoms with E-state index in [-0.39, 0.29) is 12.3 Å². The topological polar surface area (TPSA) is 8.17 Å². The molecule has 14 rings (SSSR count). The first-order chi connectivity index (χ1) is 31.0. The van der Waals surface area contributed by atoms with Crippen LogP contribution in [0.25, 0.3) is 60.9 Å². The van der Waals surface area contributed by atoms with Crippen molar-refractivity contribution in [2.75, 3.05) is 4.81 Å². The Bertz CT molecular complexity index is 3450. The molecule has 0 unspecified atom stereocenters. The lowest BCUT2D eigenvalue weighted by Gasteiger charge is -2.53. The zero-order valence-electron chi connectivity index (χ0n) is 36.6. The van der Waals surface area contributed by atoms with Crippen LogP contribution < -0.4 is 15.7 Å². The molecule has 0 radical (unpaired) electrons. The molecule has 0 amide bonds. The number of aryl methyl sites for hydroxylation is 2. The van der Waals surface area contributed by atoms with Crippen LogP contribution in [0.2, 0.25) is 0 Å². The molecule has 0 fully saturated rings. The number of rotatable bonds is 6. The summed E-state index contributed by atoms with van der Waals surface area (Å²) in [6.07, 6.45) is 6.96. The maximum absolute atomic E-state index is 2.85. The average Bonchev–Trinajstić information content (AvgIpc) is 3.89. The van der Waals surface area contributed by atoms with Crippen LogP contribution in [-0.2, 0) is 18.3 Å². The lowest BCUT2D eigenvalue weighted by atomic mass is 9.43. The zero-order chi connectivity index (χ0) is 41.9. The van der Waals surface area contributed by atoms with Crippen molar-refractivity contribution in [2.24, 2.45) is 0 Å². The summed E-state index contributed by atoms with van der Waals surface area (Å²) in [4.78, 5) is 8.70. The van der Waals surface area contributed by atoms with E-state index in [0.717, 1.165) is 12.8 Å². The molecule has 4 aliphatic heterocycles. The van der Waals surface area contributed by atoms with Gasteiger partial charge in [0.2, 0.25) is 0 Å². The highest BCUT2D eigenvalue weighted by molar-refractivity contribution is 8.34. The highest BCUT2D eigenvalue weighted by Gasteiger charge is 2.55. The predicted octanol–water partition coefficient (Wildman–Crippen LogP) is 14.6. The molecule has 0 bridgehead atoms. The molecule has 9 aromatic rings. The minimum Gasteiger partial charge on any atom is -0.375 e. The number of para-hydroxylation sites is 2.